The van der Waals surface area contributed by atoms with Gasteiger partial charge in [-0.05, 0) is 25.7 Å². The third kappa shape index (κ3) is 1.83. The highest BCUT2D eigenvalue weighted by atomic mass is 16.5. The fourth-order valence-corrected chi connectivity index (χ4v) is 2.12. The first-order valence-corrected chi connectivity index (χ1v) is 5.49. The van der Waals surface area contributed by atoms with Crippen LogP contribution in [0.1, 0.15) is 43.5 Å². The van der Waals surface area contributed by atoms with E-state index in [2.05, 4.69) is 10.1 Å². The summed E-state index contributed by atoms with van der Waals surface area (Å²) < 4.78 is 10.5. The van der Waals surface area contributed by atoms with Gasteiger partial charge in [0, 0.05) is 13.7 Å². The number of hydrogen-bond donors (Lipinski definition) is 2. The van der Waals surface area contributed by atoms with Gasteiger partial charge in [-0.1, -0.05) is 5.16 Å². The summed E-state index contributed by atoms with van der Waals surface area (Å²) in [6.07, 6.45) is 3.08. The molecule has 1 aliphatic carbocycles. The summed E-state index contributed by atoms with van der Waals surface area (Å²) in [7, 11) is 1.65. The maximum absolute atomic E-state index is 9.48. The second kappa shape index (κ2) is 4.48. The number of ether oxygens (including phenoxy) is 1. The summed E-state index contributed by atoms with van der Waals surface area (Å²) in [5.41, 5.74) is 4.89. The van der Waals surface area contributed by atoms with Gasteiger partial charge in [0.2, 0.25) is 5.82 Å². The van der Waals surface area contributed by atoms with Crippen molar-refractivity contribution in [2.75, 3.05) is 13.7 Å². The average Bonchev–Trinajstić information content (AvgIpc) is 2.96. The predicted octanol–water partition coefficient (Wildman–Crippen LogP) is 0.477. The zero-order chi connectivity index (χ0) is 11.6. The van der Waals surface area contributed by atoms with E-state index < -0.39 is 11.7 Å². The van der Waals surface area contributed by atoms with Gasteiger partial charge in [-0.2, -0.15) is 4.98 Å². The second-order valence-corrected chi connectivity index (χ2v) is 4.11. The highest BCUT2D eigenvalue weighted by Gasteiger charge is 2.40. The second-order valence-electron chi connectivity index (χ2n) is 4.11. The van der Waals surface area contributed by atoms with E-state index in [0.29, 0.717) is 5.82 Å². The molecule has 0 aromatic carbocycles. The van der Waals surface area contributed by atoms with Crippen LogP contribution in [0.5, 0.6) is 0 Å². The Morgan fingerprint density at radius 3 is 2.81 bits per heavy atom. The van der Waals surface area contributed by atoms with E-state index in [1.807, 2.05) is 0 Å². The van der Waals surface area contributed by atoms with Gasteiger partial charge in [0.1, 0.15) is 11.7 Å². The Labute approximate surface area is 93.8 Å². The molecule has 6 nitrogen and oxygen atoms in total. The molecule has 1 aliphatic rings. The lowest BCUT2D eigenvalue weighted by Crippen LogP contribution is -2.26. The van der Waals surface area contributed by atoms with Crippen LogP contribution in [0.25, 0.3) is 0 Å². The molecule has 6 heteroatoms. The minimum absolute atomic E-state index is 0.0710. The highest BCUT2D eigenvalue weighted by molar-refractivity contribution is 5.05. The number of rotatable bonds is 4. The highest BCUT2D eigenvalue weighted by Crippen LogP contribution is 2.40. The van der Waals surface area contributed by atoms with Crippen LogP contribution in [-0.4, -0.2) is 28.9 Å². The first-order chi connectivity index (χ1) is 7.72. The maximum atomic E-state index is 9.48. The summed E-state index contributed by atoms with van der Waals surface area (Å²) in [4.78, 5) is 4.17. The van der Waals surface area contributed by atoms with Crippen LogP contribution in [-0.2, 0) is 10.3 Å². The smallest absolute Gasteiger partial charge is 0.256 e. The quantitative estimate of drug-likeness (QED) is 0.776. The van der Waals surface area contributed by atoms with Crippen LogP contribution < -0.4 is 5.73 Å². The fraction of sp³-hybridized carbons (Fsp3) is 0.800. The van der Waals surface area contributed by atoms with E-state index in [0.717, 1.165) is 25.7 Å². The monoisotopic (exact) mass is 227 g/mol. The van der Waals surface area contributed by atoms with Crippen molar-refractivity contribution in [3.63, 3.8) is 0 Å². The molecule has 16 heavy (non-hydrogen) atoms. The minimum atomic E-state index is -0.892. The standard InChI is InChI=1S/C10H17N3O3/c1-15-10(4-2-3-5-10)9-12-8(16-13-9)7(14)6-11/h7,14H,2-6,11H2,1H3/t7-/m0/s1. The molecular weight excluding hydrogens is 210 g/mol. The predicted molar refractivity (Wildman–Crippen MR) is 55.5 cm³/mol. The number of hydrogen-bond acceptors (Lipinski definition) is 6. The first kappa shape index (κ1) is 11.5. The summed E-state index contributed by atoms with van der Waals surface area (Å²) in [6, 6.07) is 0. The number of aromatic nitrogens is 2. The molecule has 0 spiro atoms. The number of aliphatic hydroxyl groups excluding tert-OH is 1. The average molecular weight is 227 g/mol. The lowest BCUT2D eigenvalue weighted by atomic mass is 10.0. The molecule has 0 saturated heterocycles. The van der Waals surface area contributed by atoms with Crippen molar-refractivity contribution in [1.29, 1.82) is 0 Å². The Balaban J connectivity index is 2.23. The van der Waals surface area contributed by atoms with Crippen molar-refractivity contribution in [3.8, 4) is 0 Å². The van der Waals surface area contributed by atoms with E-state index in [9.17, 15) is 5.11 Å². The number of aliphatic hydroxyl groups is 1. The molecule has 1 aromatic rings. The van der Waals surface area contributed by atoms with Gasteiger partial charge in [0.05, 0.1) is 0 Å². The molecule has 3 N–H and O–H groups in total. The lowest BCUT2D eigenvalue weighted by molar-refractivity contribution is -0.0178. The van der Waals surface area contributed by atoms with Crippen molar-refractivity contribution in [1.82, 2.24) is 10.1 Å². The van der Waals surface area contributed by atoms with Crippen molar-refractivity contribution >= 4 is 0 Å². The number of methoxy groups -OCH3 is 1. The SMILES string of the molecule is COC1(c2noc([C@@H](O)CN)n2)CCCC1. The molecule has 1 fully saturated rings. The molecule has 2 rings (SSSR count). The topological polar surface area (TPSA) is 94.4 Å². The van der Waals surface area contributed by atoms with Gasteiger partial charge in [0.15, 0.2) is 0 Å². The van der Waals surface area contributed by atoms with Crippen molar-refractivity contribution in [3.05, 3.63) is 11.7 Å². The van der Waals surface area contributed by atoms with E-state index in [4.69, 9.17) is 15.0 Å². The largest absolute Gasteiger partial charge is 0.382 e. The van der Waals surface area contributed by atoms with E-state index >= 15 is 0 Å². The fourth-order valence-electron chi connectivity index (χ4n) is 2.12. The van der Waals surface area contributed by atoms with Gasteiger partial charge < -0.3 is 20.1 Å². The molecule has 1 aromatic heterocycles. The summed E-state index contributed by atoms with van der Waals surface area (Å²) in [5, 5.41) is 13.4. The Hall–Kier alpha value is -0.980. The van der Waals surface area contributed by atoms with Gasteiger partial charge in [-0.15, -0.1) is 0 Å². The zero-order valence-corrected chi connectivity index (χ0v) is 9.35. The first-order valence-electron chi connectivity index (χ1n) is 5.49. The molecule has 1 atom stereocenters. The van der Waals surface area contributed by atoms with Crippen LogP contribution in [0, 0.1) is 0 Å². The molecular formula is C10H17N3O3. The van der Waals surface area contributed by atoms with Crippen LogP contribution in [0.2, 0.25) is 0 Å². The summed E-state index contributed by atoms with van der Waals surface area (Å²) >= 11 is 0. The zero-order valence-electron chi connectivity index (χ0n) is 9.35. The Morgan fingerprint density at radius 1 is 1.56 bits per heavy atom. The van der Waals surface area contributed by atoms with Crippen molar-refractivity contribution < 1.29 is 14.4 Å². The molecule has 0 aliphatic heterocycles. The number of nitrogens with two attached hydrogens (primary N) is 1. The van der Waals surface area contributed by atoms with Crippen LogP contribution in [0.4, 0.5) is 0 Å². The molecule has 1 heterocycles. The Morgan fingerprint density at radius 2 is 2.25 bits per heavy atom. The van der Waals surface area contributed by atoms with Gasteiger partial charge in [-0.25, -0.2) is 0 Å². The van der Waals surface area contributed by atoms with Crippen LogP contribution in [0.15, 0.2) is 4.52 Å². The molecule has 0 amide bonds. The summed E-state index contributed by atoms with van der Waals surface area (Å²) in [5.74, 6) is 0.691. The van der Waals surface area contributed by atoms with Crippen molar-refractivity contribution in [2.45, 2.75) is 37.4 Å². The Bertz CT molecular complexity index is 347. The van der Waals surface area contributed by atoms with Gasteiger partial charge in [0.25, 0.3) is 5.89 Å². The molecule has 0 unspecified atom stereocenters. The van der Waals surface area contributed by atoms with Crippen LogP contribution >= 0.6 is 0 Å². The molecule has 0 radical (unpaired) electrons. The van der Waals surface area contributed by atoms with Crippen molar-refractivity contribution in [2.24, 2.45) is 5.73 Å². The van der Waals surface area contributed by atoms with E-state index in [1.54, 1.807) is 7.11 Å². The molecule has 0 bridgehead atoms. The van der Waals surface area contributed by atoms with E-state index in [-0.39, 0.29) is 12.4 Å². The maximum Gasteiger partial charge on any atom is 0.256 e. The lowest BCUT2D eigenvalue weighted by Gasteiger charge is -2.22. The minimum Gasteiger partial charge on any atom is -0.382 e. The number of nitrogens with zero attached hydrogens (tertiary/aromatic N) is 2. The third-order valence-electron chi connectivity index (χ3n) is 3.16. The third-order valence-corrected chi connectivity index (χ3v) is 3.16. The molecule has 1 saturated carbocycles. The molecule has 90 valence electrons. The Kier molecular flexibility index (Phi) is 3.22. The normalized spacial score (nSPS) is 21.2. The summed E-state index contributed by atoms with van der Waals surface area (Å²) in [6.45, 7) is 0.0710. The van der Waals surface area contributed by atoms with Gasteiger partial charge >= 0.3 is 0 Å². The van der Waals surface area contributed by atoms with E-state index in [1.165, 1.54) is 0 Å². The van der Waals surface area contributed by atoms with Crippen LogP contribution in [0.3, 0.4) is 0 Å². The van der Waals surface area contributed by atoms with Gasteiger partial charge in [-0.3, -0.25) is 0 Å².